The number of aryl methyl sites for hydroxylation is 1. The van der Waals surface area contributed by atoms with Crippen molar-refractivity contribution < 1.29 is 8.78 Å². The Balaban J connectivity index is 1.57. The van der Waals surface area contributed by atoms with E-state index in [-0.39, 0.29) is 11.6 Å². The number of hydrogen-bond acceptors (Lipinski definition) is 1. The lowest BCUT2D eigenvalue weighted by Crippen LogP contribution is -2.20. The number of fused-ring (bicyclic) bond motifs is 1. The van der Waals surface area contributed by atoms with Crippen LogP contribution in [0.1, 0.15) is 43.0 Å². The molecule has 26 heavy (non-hydrogen) atoms. The molecule has 0 heterocycles. The van der Waals surface area contributed by atoms with Gasteiger partial charge in [-0.2, -0.15) is 0 Å². The molecular weight excluding hydrogens is 328 g/mol. The van der Waals surface area contributed by atoms with Gasteiger partial charge in [0.25, 0.3) is 5.92 Å². The highest BCUT2D eigenvalue weighted by Gasteiger charge is 2.23. The van der Waals surface area contributed by atoms with E-state index in [0.717, 1.165) is 31.9 Å². The van der Waals surface area contributed by atoms with Crippen molar-refractivity contribution in [3.05, 3.63) is 83.4 Å². The molecule has 1 nitrogen and oxygen atoms in total. The molecule has 0 radical (unpaired) electrons. The number of benzene rings is 3. The fourth-order valence-corrected chi connectivity index (χ4v) is 3.35. The topological polar surface area (TPSA) is 12.0 Å². The Morgan fingerprint density at radius 2 is 1.69 bits per heavy atom. The highest BCUT2D eigenvalue weighted by Crippen LogP contribution is 2.27. The Hall–Kier alpha value is -2.26. The van der Waals surface area contributed by atoms with Crippen molar-refractivity contribution in [1.82, 2.24) is 5.32 Å². The van der Waals surface area contributed by atoms with Crippen LogP contribution < -0.4 is 5.32 Å². The summed E-state index contributed by atoms with van der Waals surface area (Å²) in [6.45, 7) is 3.96. The molecule has 1 N–H and O–H groups in total. The predicted octanol–water partition coefficient (Wildman–Crippen LogP) is 6.23. The minimum atomic E-state index is -2.78. The van der Waals surface area contributed by atoms with Crippen molar-refractivity contribution in [2.24, 2.45) is 0 Å². The fourth-order valence-electron chi connectivity index (χ4n) is 3.35. The standard InChI is InChI=1S/C23H25F2N/c1-17(21-14-6-11-19-10-3-4-13-22(19)21)26-15-7-9-18-8-5-12-20(16-18)23(2,24)25/h3-6,8,10-14,16-17,26H,7,9,15H2,1-2H3/t17-/m1/s1. The highest BCUT2D eigenvalue weighted by atomic mass is 19.3. The van der Waals surface area contributed by atoms with Gasteiger partial charge in [-0.05, 0) is 54.3 Å². The van der Waals surface area contributed by atoms with Gasteiger partial charge in [0.1, 0.15) is 0 Å². The average Bonchev–Trinajstić information content (AvgIpc) is 2.64. The van der Waals surface area contributed by atoms with Gasteiger partial charge in [-0.15, -0.1) is 0 Å². The highest BCUT2D eigenvalue weighted by molar-refractivity contribution is 5.86. The van der Waals surface area contributed by atoms with Crippen LogP contribution >= 0.6 is 0 Å². The van der Waals surface area contributed by atoms with Gasteiger partial charge in [0.05, 0.1) is 0 Å². The summed E-state index contributed by atoms with van der Waals surface area (Å²) >= 11 is 0. The second-order valence-electron chi connectivity index (χ2n) is 6.94. The molecule has 0 unspecified atom stereocenters. The predicted molar refractivity (Wildman–Crippen MR) is 105 cm³/mol. The third-order valence-electron chi connectivity index (χ3n) is 4.82. The van der Waals surface area contributed by atoms with Crippen molar-refractivity contribution >= 4 is 10.8 Å². The summed E-state index contributed by atoms with van der Waals surface area (Å²) in [6, 6.07) is 21.8. The Morgan fingerprint density at radius 3 is 2.50 bits per heavy atom. The van der Waals surface area contributed by atoms with Crippen LogP contribution in [0, 0.1) is 0 Å². The first kappa shape index (κ1) is 18.5. The van der Waals surface area contributed by atoms with Gasteiger partial charge in [0.2, 0.25) is 0 Å². The van der Waals surface area contributed by atoms with Gasteiger partial charge in [-0.25, -0.2) is 8.78 Å². The third kappa shape index (κ3) is 4.47. The summed E-state index contributed by atoms with van der Waals surface area (Å²) in [4.78, 5) is 0. The van der Waals surface area contributed by atoms with Gasteiger partial charge < -0.3 is 5.32 Å². The molecule has 1 atom stereocenters. The van der Waals surface area contributed by atoms with Crippen LogP contribution in [0.25, 0.3) is 10.8 Å². The number of alkyl halides is 2. The molecule has 3 aromatic carbocycles. The molecule has 0 saturated heterocycles. The summed E-state index contributed by atoms with van der Waals surface area (Å²) in [5.74, 6) is -2.78. The van der Waals surface area contributed by atoms with Crippen molar-refractivity contribution in [1.29, 1.82) is 0 Å². The van der Waals surface area contributed by atoms with Crippen LogP contribution in [0.3, 0.4) is 0 Å². The van der Waals surface area contributed by atoms with Gasteiger partial charge in [0.15, 0.2) is 0 Å². The van der Waals surface area contributed by atoms with E-state index in [1.807, 2.05) is 6.07 Å². The van der Waals surface area contributed by atoms with Crippen LogP contribution in [-0.2, 0) is 12.3 Å². The van der Waals surface area contributed by atoms with Crippen LogP contribution in [0.2, 0.25) is 0 Å². The average molecular weight is 353 g/mol. The molecule has 0 amide bonds. The SMILES string of the molecule is C[C@@H](NCCCc1cccc(C(C)(F)F)c1)c1cccc2ccccc12. The number of halogens is 2. The van der Waals surface area contributed by atoms with Crippen LogP contribution in [0.15, 0.2) is 66.7 Å². The molecular formula is C23H25F2N. The summed E-state index contributed by atoms with van der Waals surface area (Å²) in [5, 5.41) is 6.08. The minimum absolute atomic E-state index is 0.0899. The number of hydrogen-bond donors (Lipinski definition) is 1. The smallest absolute Gasteiger partial charge is 0.270 e. The summed E-state index contributed by atoms with van der Waals surface area (Å²) in [7, 11) is 0. The van der Waals surface area contributed by atoms with E-state index < -0.39 is 5.92 Å². The molecule has 0 aliphatic carbocycles. The largest absolute Gasteiger partial charge is 0.310 e. The molecule has 136 valence electrons. The molecule has 0 fully saturated rings. The third-order valence-corrected chi connectivity index (χ3v) is 4.82. The molecule has 0 aromatic heterocycles. The molecule has 0 saturated carbocycles. The molecule has 3 heteroatoms. The maximum atomic E-state index is 13.4. The molecule has 0 bridgehead atoms. The lowest BCUT2D eigenvalue weighted by molar-refractivity contribution is 0.0174. The first-order valence-corrected chi connectivity index (χ1v) is 9.13. The van der Waals surface area contributed by atoms with E-state index in [2.05, 4.69) is 54.7 Å². The van der Waals surface area contributed by atoms with Crippen molar-refractivity contribution in [3.8, 4) is 0 Å². The molecule has 0 spiro atoms. The first-order valence-electron chi connectivity index (χ1n) is 9.13. The van der Waals surface area contributed by atoms with E-state index in [4.69, 9.17) is 0 Å². The van der Waals surface area contributed by atoms with E-state index >= 15 is 0 Å². The zero-order valence-electron chi connectivity index (χ0n) is 15.3. The van der Waals surface area contributed by atoms with Crippen molar-refractivity contribution in [3.63, 3.8) is 0 Å². The maximum Gasteiger partial charge on any atom is 0.270 e. The van der Waals surface area contributed by atoms with Crippen molar-refractivity contribution in [2.75, 3.05) is 6.54 Å². The van der Waals surface area contributed by atoms with Gasteiger partial charge in [-0.1, -0.05) is 60.7 Å². The Morgan fingerprint density at radius 1 is 0.962 bits per heavy atom. The monoisotopic (exact) mass is 353 g/mol. The van der Waals surface area contributed by atoms with Crippen LogP contribution in [-0.4, -0.2) is 6.54 Å². The summed E-state index contributed by atoms with van der Waals surface area (Å²) in [5.41, 5.74) is 2.34. The maximum absolute atomic E-state index is 13.4. The number of nitrogens with one attached hydrogen (secondary N) is 1. The van der Waals surface area contributed by atoms with Gasteiger partial charge >= 0.3 is 0 Å². The Labute approximate surface area is 154 Å². The number of rotatable bonds is 7. The normalized spacial score (nSPS) is 13.1. The first-order chi connectivity index (χ1) is 12.4. The van der Waals surface area contributed by atoms with Gasteiger partial charge in [-0.3, -0.25) is 0 Å². The zero-order chi connectivity index (χ0) is 18.6. The van der Waals surface area contributed by atoms with Crippen molar-refractivity contribution in [2.45, 2.75) is 38.7 Å². The second kappa shape index (κ2) is 7.96. The Bertz CT molecular complexity index is 862. The van der Waals surface area contributed by atoms with Crippen LogP contribution in [0.4, 0.5) is 8.78 Å². The Kier molecular flexibility index (Phi) is 5.67. The molecule has 0 aliphatic heterocycles. The quantitative estimate of drug-likeness (QED) is 0.496. The lowest BCUT2D eigenvalue weighted by Gasteiger charge is -2.17. The lowest BCUT2D eigenvalue weighted by atomic mass is 9.99. The minimum Gasteiger partial charge on any atom is -0.310 e. The molecule has 0 aliphatic rings. The zero-order valence-corrected chi connectivity index (χ0v) is 15.3. The van der Waals surface area contributed by atoms with Gasteiger partial charge in [0, 0.05) is 18.5 Å². The van der Waals surface area contributed by atoms with E-state index in [1.54, 1.807) is 12.1 Å². The van der Waals surface area contributed by atoms with E-state index in [9.17, 15) is 8.78 Å². The van der Waals surface area contributed by atoms with E-state index in [1.165, 1.54) is 22.4 Å². The summed E-state index contributed by atoms with van der Waals surface area (Å²) < 4.78 is 26.9. The second-order valence-corrected chi connectivity index (χ2v) is 6.94. The molecule has 3 rings (SSSR count). The fraction of sp³-hybridized carbons (Fsp3) is 0.304. The molecule has 3 aromatic rings. The van der Waals surface area contributed by atoms with E-state index in [0.29, 0.717) is 0 Å². The summed E-state index contributed by atoms with van der Waals surface area (Å²) in [6.07, 6.45) is 1.70. The van der Waals surface area contributed by atoms with Crippen LogP contribution in [0.5, 0.6) is 0 Å².